The van der Waals surface area contributed by atoms with Gasteiger partial charge in [0.25, 0.3) is 0 Å². The summed E-state index contributed by atoms with van der Waals surface area (Å²) in [6.45, 7) is 2.78. The maximum Gasteiger partial charge on any atom is 0.191 e. The van der Waals surface area contributed by atoms with E-state index in [1.54, 1.807) is 0 Å². The summed E-state index contributed by atoms with van der Waals surface area (Å²) in [5.74, 6) is 0. The van der Waals surface area contributed by atoms with Crippen LogP contribution in [-0.4, -0.2) is 12.2 Å². The third-order valence-electron chi connectivity index (χ3n) is 0.276. The van der Waals surface area contributed by atoms with Crippen molar-refractivity contribution >= 4 is 17.6 Å². The molecule has 0 aliphatic carbocycles. The fourth-order valence-corrected chi connectivity index (χ4v) is 0.352. The number of carbonyl (C=O) groups is 1. The van der Waals surface area contributed by atoms with Crippen LogP contribution in [0.5, 0.6) is 0 Å². The molecule has 0 rings (SSSR count). The molecule has 2 nitrogen and oxygen atoms in total. The zero-order valence-corrected chi connectivity index (χ0v) is 4.42. The predicted molar refractivity (Wildman–Crippen MR) is 28.0 cm³/mol. The molecule has 36 valence electrons. The summed E-state index contributed by atoms with van der Waals surface area (Å²) in [6, 6.07) is 0. The zero-order valence-electron chi connectivity index (χ0n) is 3.60. The van der Waals surface area contributed by atoms with Crippen molar-refractivity contribution in [2.45, 2.75) is 6.92 Å². The first kappa shape index (κ1) is 5.98. The van der Waals surface area contributed by atoms with Crippen molar-refractivity contribution < 1.29 is 4.79 Å². The molecule has 0 aliphatic rings. The van der Waals surface area contributed by atoms with Crippen LogP contribution < -0.4 is 4.72 Å². The lowest BCUT2D eigenvalue weighted by molar-refractivity contribution is 0.569. The van der Waals surface area contributed by atoms with Gasteiger partial charge in [0.15, 0.2) is 5.62 Å². The van der Waals surface area contributed by atoms with E-state index in [2.05, 4.69) is 4.72 Å². The summed E-state index contributed by atoms with van der Waals surface area (Å²) >= 11 is 1.08. The maximum atomic E-state index is 9.46. The van der Waals surface area contributed by atoms with E-state index in [9.17, 15) is 4.79 Å². The van der Waals surface area contributed by atoms with Crippen LogP contribution in [0.4, 0.5) is 0 Å². The van der Waals surface area contributed by atoms with Crippen LogP contribution >= 0.6 is 11.9 Å². The molecule has 0 bridgehead atoms. The van der Waals surface area contributed by atoms with Gasteiger partial charge in [-0.2, -0.15) is 0 Å². The van der Waals surface area contributed by atoms with Gasteiger partial charge in [-0.15, -0.1) is 0 Å². The SMILES string of the molecule is CCNSC=O. The molecule has 0 amide bonds. The van der Waals surface area contributed by atoms with E-state index in [-0.39, 0.29) is 0 Å². The molecule has 0 saturated carbocycles. The van der Waals surface area contributed by atoms with Gasteiger partial charge in [0, 0.05) is 6.54 Å². The maximum absolute atomic E-state index is 9.46. The average molecular weight is 105 g/mol. The molecule has 0 atom stereocenters. The molecule has 0 spiro atoms. The molecule has 3 heteroatoms. The van der Waals surface area contributed by atoms with E-state index in [0.29, 0.717) is 0 Å². The van der Waals surface area contributed by atoms with Gasteiger partial charge in [-0.05, 0) is 11.9 Å². The minimum absolute atomic E-state index is 0.767. The van der Waals surface area contributed by atoms with Crippen molar-refractivity contribution in [2.75, 3.05) is 6.54 Å². The molecular formula is C3H7NOS. The number of hydrogen-bond acceptors (Lipinski definition) is 3. The van der Waals surface area contributed by atoms with Gasteiger partial charge in [0.1, 0.15) is 0 Å². The van der Waals surface area contributed by atoms with E-state index in [4.69, 9.17) is 0 Å². The molecule has 0 aliphatic heterocycles. The molecule has 1 N–H and O–H groups in total. The molecule has 0 saturated heterocycles. The topological polar surface area (TPSA) is 29.1 Å². The summed E-state index contributed by atoms with van der Waals surface area (Å²) < 4.78 is 2.75. The van der Waals surface area contributed by atoms with Crippen LogP contribution in [0, 0.1) is 0 Å². The third-order valence-corrected chi connectivity index (χ3v) is 0.827. The fraction of sp³-hybridized carbons (Fsp3) is 0.667. The Balaban J connectivity index is 2.49. The highest BCUT2D eigenvalue weighted by atomic mass is 32.2. The van der Waals surface area contributed by atoms with Crippen molar-refractivity contribution in [1.82, 2.24) is 4.72 Å². The standard InChI is InChI=1S/C3H7NOS/c1-2-4-6-3-5/h3-4H,2H2,1H3. The molecule has 0 fully saturated rings. The Morgan fingerprint density at radius 1 is 2.00 bits per heavy atom. The van der Waals surface area contributed by atoms with Gasteiger partial charge < -0.3 is 0 Å². The Bertz CT molecular complexity index is 39.8. The van der Waals surface area contributed by atoms with E-state index < -0.39 is 0 Å². The quantitative estimate of drug-likeness (QED) is 0.320. The summed E-state index contributed by atoms with van der Waals surface area (Å²) in [5, 5.41) is 0. The normalized spacial score (nSPS) is 8.17. The van der Waals surface area contributed by atoms with Crippen molar-refractivity contribution in [3.05, 3.63) is 0 Å². The smallest absolute Gasteiger partial charge is 0.191 e. The first-order chi connectivity index (χ1) is 2.91. The highest BCUT2D eigenvalue weighted by Gasteiger charge is 1.71. The van der Waals surface area contributed by atoms with Gasteiger partial charge in [0.2, 0.25) is 0 Å². The Hall–Kier alpha value is -0.0200. The van der Waals surface area contributed by atoms with E-state index in [0.717, 1.165) is 24.1 Å². The van der Waals surface area contributed by atoms with Gasteiger partial charge in [0.05, 0.1) is 0 Å². The van der Waals surface area contributed by atoms with Crippen LogP contribution in [0.3, 0.4) is 0 Å². The lowest BCUT2D eigenvalue weighted by Crippen LogP contribution is -1.99. The first-order valence-corrected chi connectivity index (χ1v) is 2.62. The zero-order chi connectivity index (χ0) is 4.83. The predicted octanol–water partition coefficient (Wildman–Crippen LogP) is 0.434. The van der Waals surface area contributed by atoms with Gasteiger partial charge in [-0.3, -0.25) is 9.52 Å². The lowest BCUT2D eigenvalue weighted by Gasteiger charge is -1.84. The second kappa shape index (κ2) is 4.98. The highest BCUT2D eigenvalue weighted by Crippen LogP contribution is 1.78. The van der Waals surface area contributed by atoms with Crippen LogP contribution in [0.25, 0.3) is 0 Å². The number of nitrogens with one attached hydrogen (secondary N) is 1. The molecule has 6 heavy (non-hydrogen) atoms. The Labute approximate surface area is 41.4 Å². The second-order valence-electron chi connectivity index (χ2n) is 0.712. The van der Waals surface area contributed by atoms with Crippen molar-refractivity contribution in [2.24, 2.45) is 0 Å². The minimum Gasteiger partial charge on any atom is -0.290 e. The molecular weight excluding hydrogens is 98.1 g/mol. The van der Waals surface area contributed by atoms with E-state index >= 15 is 0 Å². The minimum atomic E-state index is 0.767. The van der Waals surface area contributed by atoms with E-state index in [1.807, 2.05) is 6.92 Å². The molecule has 0 radical (unpaired) electrons. The van der Waals surface area contributed by atoms with Gasteiger partial charge in [-0.25, -0.2) is 0 Å². The first-order valence-electron chi connectivity index (χ1n) is 1.74. The summed E-state index contributed by atoms with van der Waals surface area (Å²) in [6.07, 6.45) is 0. The van der Waals surface area contributed by atoms with Crippen LogP contribution in [-0.2, 0) is 4.79 Å². The van der Waals surface area contributed by atoms with E-state index in [1.165, 1.54) is 0 Å². The Kier molecular flexibility index (Phi) is 4.96. The van der Waals surface area contributed by atoms with Gasteiger partial charge in [-0.1, -0.05) is 6.92 Å². The molecule has 0 aromatic carbocycles. The third kappa shape index (κ3) is 3.98. The highest BCUT2D eigenvalue weighted by molar-refractivity contribution is 8.10. The van der Waals surface area contributed by atoms with Crippen molar-refractivity contribution in [3.8, 4) is 0 Å². The van der Waals surface area contributed by atoms with Crippen molar-refractivity contribution in [1.29, 1.82) is 0 Å². The Morgan fingerprint density at radius 3 is 2.83 bits per heavy atom. The Morgan fingerprint density at radius 2 is 2.67 bits per heavy atom. The lowest BCUT2D eigenvalue weighted by atomic mass is 10.8. The monoisotopic (exact) mass is 105 g/mol. The number of carbonyl (C=O) groups excluding carboxylic acids is 1. The van der Waals surface area contributed by atoms with Crippen LogP contribution in [0.2, 0.25) is 0 Å². The molecule has 0 aromatic rings. The molecule has 0 heterocycles. The fourth-order valence-electron chi connectivity index (χ4n) is 0.117. The van der Waals surface area contributed by atoms with Crippen LogP contribution in [0.15, 0.2) is 0 Å². The number of rotatable bonds is 3. The second-order valence-corrected chi connectivity index (χ2v) is 1.43. The summed E-state index contributed by atoms with van der Waals surface area (Å²) in [5.41, 5.74) is 0.767. The van der Waals surface area contributed by atoms with Gasteiger partial charge >= 0.3 is 0 Å². The molecule has 0 unspecified atom stereocenters. The van der Waals surface area contributed by atoms with Crippen LogP contribution in [0.1, 0.15) is 6.92 Å². The molecule has 0 aromatic heterocycles. The summed E-state index contributed by atoms with van der Waals surface area (Å²) in [7, 11) is 0. The van der Waals surface area contributed by atoms with Crippen molar-refractivity contribution in [3.63, 3.8) is 0 Å². The number of hydrogen-bond donors (Lipinski definition) is 1. The average Bonchev–Trinajstić information content (AvgIpc) is 1.61. The summed E-state index contributed by atoms with van der Waals surface area (Å²) in [4.78, 5) is 9.46. The largest absolute Gasteiger partial charge is 0.290 e.